The molecule has 1 aliphatic heterocycles. The zero-order valence-corrected chi connectivity index (χ0v) is 20.9. The van der Waals surface area contributed by atoms with E-state index in [-0.39, 0.29) is 23.7 Å². The molecule has 0 bridgehead atoms. The molecular formula is C31H29FN2O3. The number of nitrogens with zero attached hydrogens (tertiary/aromatic N) is 2. The number of aliphatic carboxylic acids is 1. The van der Waals surface area contributed by atoms with Crippen LogP contribution in [0.2, 0.25) is 0 Å². The molecule has 2 aliphatic rings. The number of carboxylic acid groups (broad SMARTS) is 1. The topological polar surface area (TPSA) is 62.0 Å². The molecule has 0 unspecified atom stereocenters. The first-order valence-corrected chi connectivity index (χ1v) is 12.9. The number of rotatable bonds is 5. The molecule has 0 saturated heterocycles. The Morgan fingerprint density at radius 1 is 1.08 bits per heavy atom. The van der Waals surface area contributed by atoms with Crippen LogP contribution in [0.1, 0.15) is 65.0 Å². The minimum absolute atomic E-state index is 0.000835. The molecule has 1 saturated carbocycles. The van der Waals surface area contributed by atoms with Gasteiger partial charge in [-0.15, -0.1) is 0 Å². The molecule has 2 aromatic carbocycles. The van der Waals surface area contributed by atoms with Crippen LogP contribution in [-0.4, -0.2) is 32.8 Å². The summed E-state index contributed by atoms with van der Waals surface area (Å²) < 4.78 is 17.2. The van der Waals surface area contributed by atoms with E-state index in [9.17, 15) is 14.7 Å². The molecule has 1 aliphatic carbocycles. The maximum Gasteiger partial charge on any atom is 0.307 e. The normalized spacial score (nSPS) is 20.6. The van der Waals surface area contributed by atoms with Crippen molar-refractivity contribution >= 4 is 17.4 Å². The van der Waals surface area contributed by atoms with Gasteiger partial charge in [-0.3, -0.25) is 9.59 Å². The van der Waals surface area contributed by atoms with Crippen LogP contribution in [0.15, 0.2) is 66.9 Å². The molecule has 0 radical (unpaired) electrons. The van der Waals surface area contributed by atoms with E-state index in [1.165, 1.54) is 17.2 Å². The maximum atomic E-state index is 15.2. The Bertz CT molecular complexity index is 1560. The van der Waals surface area contributed by atoms with Gasteiger partial charge in [0.1, 0.15) is 5.82 Å². The fraction of sp³-hybridized carbons (Fsp3) is 0.290. The van der Waals surface area contributed by atoms with E-state index in [4.69, 9.17) is 0 Å². The lowest BCUT2D eigenvalue weighted by molar-refractivity contribution is -0.138. The molecule has 4 aromatic rings. The van der Waals surface area contributed by atoms with Crippen LogP contribution in [0.3, 0.4) is 0 Å². The Balaban J connectivity index is 1.32. The second-order valence-electron chi connectivity index (χ2n) is 10.3. The highest BCUT2D eigenvalue weighted by atomic mass is 19.1. The third-order valence-corrected chi connectivity index (χ3v) is 8.09. The van der Waals surface area contributed by atoms with Crippen molar-refractivity contribution < 1.29 is 19.1 Å². The van der Waals surface area contributed by atoms with Crippen molar-refractivity contribution in [1.29, 1.82) is 0 Å². The summed E-state index contributed by atoms with van der Waals surface area (Å²) in [6, 6.07) is 19.1. The summed E-state index contributed by atoms with van der Waals surface area (Å²) in [5, 5.41) is 9.20. The summed E-state index contributed by atoms with van der Waals surface area (Å²) in [5.41, 5.74) is 6.90. The largest absolute Gasteiger partial charge is 0.481 e. The molecule has 1 fully saturated rings. The minimum atomic E-state index is -0.825. The van der Waals surface area contributed by atoms with Crippen molar-refractivity contribution in [2.75, 3.05) is 6.54 Å². The van der Waals surface area contributed by atoms with E-state index in [1.54, 1.807) is 6.07 Å². The van der Waals surface area contributed by atoms with Gasteiger partial charge in [-0.25, -0.2) is 4.39 Å². The third kappa shape index (κ3) is 4.01. The van der Waals surface area contributed by atoms with Crippen LogP contribution in [-0.2, 0) is 17.6 Å². The van der Waals surface area contributed by atoms with E-state index < -0.39 is 11.9 Å². The monoisotopic (exact) mass is 496 g/mol. The predicted octanol–water partition coefficient (Wildman–Crippen LogP) is 6.26. The van der Waals surface area contributed by atoms with Crippen molar-refractivity contribution in [2.24, 2.45) is 5.92 Å². The average Bonchev–Trinajstić information content (AvgIpc) is 3.60. The number of pyridine rings is 1. The maximum absolute atomic E-state index is 15.2. The number of benzene rings is 2. The molecule has 37 heavy (non-hydrogen) atoms. The van der Waals surface area contributed by atoms with Gasteiger partial charge in [0, 0.05) is 40.6 Å². The van der Waals surface area contributed by atoms with Crippen LogP contribution >= 0.6 is 0 Å². The van der Waals surface area contributed by atoms with E-state index in [1.807, 2.05) is 58.8 Å². The second-order valence-corrected chi connectivity index (χ2v) is 10.3. The molecule has 3 atom stereocenters. The highest BCUT2D eigenvalue weighted by Gasteiger charge is 2.44. The van der Waals surface area contributed by atoms with Gasteiger partial charge in [-0.1, -0.05) is 43.3 Å². The Morgan fingerprint density at radius 3 is 2.62 bits per heavy atom. The number of fused-ring (bicyclic) bond motifs is 2. The van der Waals surface area contributed by atoms with Gasteiger partial charge >= 0.3 is 5.97 Å². The second kappa shape index (κ2) is 8.87. The zero-order valence-electron chi connectivity index (χ0n) is 20.9. The van der Waals surface area contributed by atoms with Crippen LogP contribution < -0.4 is 0 Å². The average molecular weight is 497 g/mol. The first-order valence-electron chi connectivity index (χ1n) is 12.9. The van der Waals surface area contributed by atoms with Gasteiger partial charge < -0.3 is 14.4 Å². The van der Waals surface area contributed by atoms with Crippen molar-refractivity contribution in [2.45, 2.75) is 45.1 Å². The molecule has 6 heteroatoms. The SMILES string of the molecule is CCc1cc(C(=O)N2CCc3ccccc3[C@H]2C)cc2cc(-c3ccc([C@H]4C[C@@H]4C(=O)O)cc3F)cn12. The number of carbonyl (C=O) groups is 2. The number of halogens is 1. The van der Waals surface area contributed by atoms with Gasteiger partial charge in [-0.2, -0.15) is 0 Å². The molecule has 188 valence electrons. The fourth-order valence-corrected chi connectivity index (χ4v) is 5.88. The number of carboxylic acids is 1. The number of hydrogen-bond donors (Lipinski definition) is 1. The van der Waals surface area contributed by atoms with Gasteiger partial charge in [-0.05, 0) is 73.1 Å². The summed E-state index contributed by atoms with van der Waals surface area (Å²) in [7, 11) is 0. The molecule has 2 aromatic heterocycles. The van der Waals surface area contributed by atoms with Crippen LogP contribution in [0.5, 0.6) is 0 Å². The van der Waals surface area contributed by atoms with Crippen molar-refractivity contribution in [3.05, 3.63) is 101 Å². The molecule has 6 rings (SSSR count). The number of aromatic nitrogens is 1. The highest BCUT2D eigenvalue weighted by Crippen LogP contribution is 2.48. The van der Waals surface area contributed by atoms with Crippen LogP contribution in [0.25, 0.3) is 16.6 Å². The van der Waals surface area contributed by atoms with Gasteiger partial charge in [0.15, 0.2) is 0 Å². The molecule has 0 spiro atoms. The summed E-state index contributed by atoms with van der Waals surface area (Å²) in [6.45, 7) is 4.81. The number of aryl methyl sites for hydroxylation is 1. The fourth-order valence-electron chi connectivity index (χ4n) is 5.88. The smallest absolute Gasteiger partial charge is 0.307 e. The van der Waals surface area contributed by atoms with Gasteiger partial charge in [0.2, 0.25) is 0 Å². The first-order chi connectivity index (χ1) is 17.9. The summed E-state index contributed by atoms with van der Waals surface area (Å²) in [4.78, 5) is 26.8. The Kier molecular flexibility index (Phi) is 5.63. The Morgan fingerprint density at radius 2 is 1.89 bits per heavy atom. The van der Waals surface area contributed by atoms with Gasteiger partial charge in [0.25, 0.3) is 5.91 Å². The number of amides is 1. The van der Waals surface area contributed by atoms with E-state index >= 15 is 4.39 Å². The van der Waals surface area contributed by atoms with Crippen molar-refractivity contribution in [3.8, 4) is 11.1 Å². The number of hydrogen-bond acceptors (Lipinski definition) is 2. The predicted molar refractivity (Wildman–Crippen MR) is 140 cm³/mol. The lowest BCUT2D eigenvalue weighted by atomic mass is 9.93. The number of carbonyl (C=O) groups excluding carboxylic acids is 1. The standard InChI is InChI=1S/C31H29FN2O3/c1-3-23-12-21(30(35)33-11-10-19-6-4-5-7-25(19)18(33)2)13-24-14-22(17-34(23)24)26-9-8-20(15-29(26)32)27-16-28(27)31(36)37/h4-9,12-15,17-18,27-28H,3,10-11,16H2,1-2H3,(H,36,37)/t18-,27-,28+/m1/s1. The quantitative estimate of drug-likeness (QED) is 0.355. The van der Waals surface area contributed by atoms with Crippen LogP contribution in [0.4, 0.5) is 4.39 Å². The summed E-state index contributed by atoms with van der Waals surface area (Å²) in [5.74, 6) is -1.71. The molecule has 5 nitrogen and oxygen atoms in total. The van der Waals surface area contributed by atoms with Crippen molar-refractivity contribution in [3.63, 3.8) is 0 Å². The third-order valence-electron chi connectivity index (χ3n) is 8.09. The van der Waals surface area contributed by atoms with Crippen LogP contribution in [0, 0.1) is 11.7 Å². The minimum Gasteiger partial charge on any atom is -0.481 e. The zero-order chi connectivity index (χ0) is 25.8. The highest BCUT2D eigenvalue weighted by molar-refractivity contribution is 5.96. The molecule has 3 heterocycles. The van der Waals surface area contributed by atoms with Crippen molar-refractivity contribution in [1.82, 2.24) is 9.30 Å². The molecule has 1 N–H and O–H groups in total. The molecule has 1 amide bonds. The Labute approximate surface area is 215 Å². The lowest BCUT2D eigenvalue weighted by Gasteiger charge is -2.35. The Hall–Kier alpha value is -3.93. The summed E-state index contributed by atoms with van der Waals surface area (Å²) >= 11 is 0. The summed E-state index contributed by atoms with van der Waals surface area (Å²) in [6.07, 6.45) is 4.04. The van der Waals surface area contributed by atoms with Gasteiger partial charge in [0.05, 0.1) is 12.0 Å². The van der Waals surface area contributed by atoms with E-state index in [2.05, 4.69) is 19.1 Å². The lowest BCUT2D eigenvalue weighted by Crippen LogP contribution is -2.38. The van der Waals surface area contributed by atoms with E-state index in [0.29, 0.717) is 24.1 Å². The first kappa shape index (κ1) is 23.5. The molecular weight excluding hydrogens is 467 g/mol. The van der Waals surface area contributed by atoms with E-state index in [0.717, 1.165) is 35.2 Å².